The lowest BCUT2D eigenvalue weighted by atomic mass is 9.70. The van der Waals surface area contributed by atoms with Gasteiger partial charge in [-0.3, -0.25) is 4.79 Å². The van der Waals surface area contributed by atoms with E-state index in [1.54, 1.807) is 13.8 Å². The van der Waals surface area contributed by atoms with Crippen LogP contribution in [-0.2, 0) is 25.7 Å². The summed E-state index contributed by atoms with van der Waals surface area (Å²) in [7, 11) is 0. The third-order valence-corrected chi connectivity index (χ3v) is 4.76. The van der Waals surface area contributed by atoms with E-state index in [1.807, 2.05) is 30.3 Å². The molecule has 6 heteroatoms. The number of esters is 1. The second-order valence-corrected chi connectivity index (χ2v) is 5.97. The average Bonchev–Trinajstić information content (AvgIpc) is 2.72. The molecule has 2 heterocycles. The van der Waals surface area contributed by atoms with Crippen LogP contribution < -0.4 is 5.32 Å². The predicted molar refractivity (Wildman–Crippen MR) is 76.6 cm³/mol. The highest BCUT2D eigenvalue weighted by Crippen LogP contribution is 2.46. The summed E-state index contributed by atoms with van der Waals surface area (Å²) in [4.78, 5) is 23.9. The van der Waals surface area contributed by atoms with Crippen LogP contribution in [0.15, 0.2) is 30.3 Å². The Morgan fingerprint density at radius 1 is 1.27 bits per heavy atom. The van der Waals surface area contributed by atoms with E-state index in [4.69, 9.17) is 9.47 Å². The number of cyclic esters (lactones) is 1. The van der Waals surface area contributed by atoms with Crippen LogP contribution in [0.25, 0.3) is 0 Å². The molecule has 0 saturated carbocycles. The Kier molecular flexibility index (Phi) is 3.45. The van der Waals surface area contributed by atoms with Crippen LogP contribution in [0, 0.1) is 5.92 Å². The van der Waals surface area contributed by atoms with Crippen molar-refractivity contribution in [2.75, 3.05) is 6.61 Å². The molecule has 2 aliphatic heterocycles. The van der Waals surface area contributed by atoms with Gasteiger partial charge in [-0.25, -0.2) is 4.79 Å². The molecule has 2 N–H and O–H groups in total. The highest BCUT2D eigenvalue weighted by Gasteiger charge is 2.75. The van der Waals surface area contributed by atoms with Crippen molar-refractivity contribution < 1.29 is 24.2 Å². The number of aliphatic hydroxyl groups is 1. The molecule has 1 aromatic carbocycles. The summed E-state index contributed by atoms with van der Waals surface area (Å²) in [5.41, 5.74) is -2.07. The maximum atomic E-state index is 12.0. The lowest BCUT2D eigenvalue weighted by Crippen LogP contribution is -2.78. The number of hydrogen-bond acceptors (Lipinski definition) is 5. The molecule has 1 amide bonds. The zero-order valence-corrected chi connectivity index (χ0v) is 12.5. The first-order chi connectivity index (χ1) is 10.4. The second-order valence-electron chi connectivity index (χ2n) is 5.97. The summed E-state index contributed by atoms with van der Waals surface area (Å²) in [5, 5.41) is 13.6. The fourth-order valence-corrected chi connectivity index (χ4v) is 3.24. The summed E-state index contributed by atoms with van der Waals surface area (Å²) in [6, 6.07) is 9.50. The Morgan fingerprint density at radius 3 is 2.55 bits per heavy atom. The largest absolute Gasteiger partial charge is 0.457 e. The number of amides is 1. The molecule has 3 rings (SSSR count). The van der Waals surface area contributed by atoms with Crippen LogP contribution in [0.4, 0.5) is 0 Å². The first-order valence-electron chi connectivity index (χ1n) is 7.29. The number of nitrogens with one attached hydrogen (secondary N) is 1. The molecular formula is C16H19NO5. The molecule has 0 radical (unpaired) electrons. The van der Waals surface area contributed by atoms with Crippen LogP contribution in [0.1, 0.15) is 19.4 Å². The molecule has 0 aromatic heterocycles. The number of hydrogen-bond donors (Lipinski definition) is 2. The number of benzene rings is 1. The van der Waals surface area contributed by atoms with E-state index in [1.165, 1.54) is 0 Å². The summed E-state index contributed by atoms with van der Waals surface area (Å²) in [6.07, 6.45) is -0.584. The van der Waals surface area contributed by atoms with Gasteiger partial charge in [-0.05, 0) is 12.5 Å². The molecule has 0 bridgehead atoms. The summed E-state index contributed by atoms with van der Waals surface area (Å²) in [6.45, 7) is 3.42. The molecule has 0 unspecified atom stereocenters. The van der Waals surface area contributed by atoms with Crippen molar-refractivity contribution in [1.29, 1.82) is 0 Å². The van der Waals surface area contributed by atoms with E-state index in [0.29, 0.717) is 6.61 Å². The Hall–Kier alpha value is -1.92. The normalized spacial score (nSPS) is 36.9. The molecule has 2 aliphatic rings. The van der Waals surface area contributed by atoms with Gasteiger partial charge < -0.3 is 19.9 Å². The molecule has 1 spiro atoms. The lowest BCUT2D eigenvalue weighted by molar-refractivity contribution is -0.226. The Morgan fingerprint density at radius 2 is 1.95 bits per heavy atom. The second kappa shape index (κ2) is 5.07. The number of ether oxygens (including phenoxy) is 2. The zero-order valence-electron chi connectivity index (χ0n) is 12.5. The van der Waals surface area contributed by atoms with Crippen molar-refractivity contribution in [3.8, 4) is 0 Å². The third kappa shape index (κ3) is 1.87. The van der Waals surface area contributed by atoms with Crippen molar-refractivity contribution in [2.24, 2.45) is 5.92 Å². The van der Waals surface area contributed by atoms with Crippen LogP contribution >= 0.6 is 0 Å². The minimum Gasteiger partial charge on any atom is -0.457 e. The van der Waals surface area contributed by atoms with Gasteiger partial charge in [-0.2, -0.15) is 0 Å². The van der Waals surface area contributed by atoms with Gasteiger partial charge >= 0.3 is 5.97 Å². The molecule has 118 valence electrons. The Bertz CT molecular complexity index is 604. The van der Waals surface area contributed by atoms with Crippen molar-refractivity contribution in [1.82, 2.24) is 5.32 Å². The molecule has 4 atom stereocenters. The standard InChI is InChI=1S/C16H19NO5/c1-10-13(18)17-16(11(2)22-14(16)19)15(10,20)9-21-8-12-6-4-3-5-7-12/h3-7,10-11,20H,8-9H2,1-2H3,(H,17,18)/t10-,11-,15-,16+/m1/s1. The van der Waals surface area contributed by atoms with Gasteiger partial charge in [0.2, 0.25) is 11.4 Å². The van der Waals surface area contributed by atoms with E-state index >= 15 is 0 Å². The van der Waals surface area contributed by atoms with E-state index in [9.17, 15) is 14.7 Å². The fraction of sp³-hybridized carbons (Fsp3) is 0.500. The van der Waals surface area contributed by atoms with Gasteiger partial charge in [0.05, 0.1) is 19.1 Å². The molecule has 1 aromatic rings. The van der Waals surface area contributed by atoms with Crippen LogP contribution in [0.2, 0.25) is 0 Å². The molecule has 22 heavy (non-hydrogen) atoms. The Labute approximate surface area is 128 Å². The SMILES string of the molecule is C[C@@H]1C(=O)N[C@@]2(C(=O)O[C@@H]2C)[C@@]1(O)COCc1ccccc1. The van der Waals surface area contributed by atoms with Gasteiger partial charge in [-0.15, -0.1) is 0 Å². The van der Waals surface area contributed by atoms with E-state index in [2.05, 4.69) is 5.32 Å². The van der Waals surface area contributed by atoms with Crippen LogP contribution in [0.5, 0.6) is 0 Å². The Balaban J connectivity index is 1.77. The van der Waals surface area contributed by atoms with E-state index in [0.717, 1.165) is 5.56 Å². The topological polar surface area (TPSA) is 84.9 Å². The smallest absolute Gasteiger partial charge is 0.339 e. The highest BCUT2D eigenvalue weighted by molar-refractivity contribution is 5.99. The number of carbonyl (C=O) groups excluding carboxylic acids is 2. The van der Waals surface area contributed by atoms with E-state index < -0.39 is 29.1 Å². The van der Waals surface area contributed by atoms with Gasteiger partial charge in [-0.1, -0.05) is 37.3 Å². The number of carbonyl (C=O) groups is 2. The molecule has 6 nitrogen and oxygen atoms in total. The molecule has 2 fully saturated rings. The first-order valence-corrected chi connectivity index (χ1v) is 7.29. The molecular weight excluding hydrogens is 286 g/mol. The fourth-order valence-electron chi connectivity index (χ4n) is 3.24. The summed E-state index contributed by atoms with van der Waals surface area (Å²) < 4.78 is 10.6. The lowest BCUT2D eigenvalue weighted by Gasteiger charge is -2.50. The molecule has 2 saturated heterocycles. The van der Waals surface area contributed by atoms with E-state index in [-0.39, 0.29) is 12.5 Å². The van der Waals surface area contributed by atoms with Crippen LogP contribution in [-0.4, -0.2) is 40.8 Å². The zero-order chi connectivity index (χ0) is 16.0. The monoisotopic (exact) mass is 305 g/mol. The van der Waals surface area contributed by atoms with Gasteiger partial charge in [0.25, 0.3) is 0 Å². The van der Waals surface area contributed by atoms with Gasteiger partial charge in [0.15, 0.2) is 0 Å². The summed E-state index contributed by atoms with van der Waals surface area (Å²) >= 11 is 0. The van der Waals surface area contributed by atoms with Crippen molar-refractivity contribution in [3.63, 3.8) is 0 Å². The average molecular weight is 305 g/mol. The summed E-state index contributed by atoms with van der Waals surface area (Å²) in [5.74, 6) is -1.73. The van der Waals surface area contributed by atoms with Gasteiger partial charge in [0, 0.05) is 0 Å². The minimum absolute atomic E-state index is 0.124. The first kappa shape index (κ1) is 15.0. The van der Waals surface area contributed by atoms with Gasteiger partial charge in [0.1, 0.15) is 11.7 Å². The maximum Gasteiger partial charge on any atom is 0.339 e. The molecule has 0 aliphatic carbocycles. The van der Waals surface area contributed by atoms with Crippen molar-refractivity contribution in [3.05, 3.63) is 35.9 Å². The quantitative estimate of drug-likeness (QED) is 0.786. The van der Waals surface area contributed by atoms with Crippen LogP contribution in [0.3, 0.4) is 0 Å². The van der Waals surface area contributed by atoms with Crippen molar-refractivity contribution in [2.45, 2.75) is 37.7 Å². The minimum atomic E-state index is -1.62. The van der Waals surface area contributed by atoms with Crippen molar-refractivity contribution >= 4 is 11.9 Å². The number of rotatable bonds is 4. The maximum absolute atomic E-state index is 12.0. The highest BCUT2D eigenvalue weighted by atomic mass is 16.6. The third-order valence-electron chi connectivity index (χ3n) is 4.76. The predicted octanol–water partition coefficient (Wildman–Crippen LogP) is 0.384.